The van der Waals surface area contributed by atoms with Crippen LogP contribution in [-0.2, 0) is 37.9 Å². The Balaban J connectivity index is 1.27. The molecule has 2 aromatic rings. The van der Waals surface area contributed by atoms with Crippen LogP contribution >= 0.6 is 0 Å². The molecule has 5 rings (SSSR count). The fourth-order valence-electron chi connectivity index (χ4n) is 6.00. The summed E-state index contributed by atoms with van der Waals surface area (Å²) in [5.41, 5.74) is -0.212. The van der Waals surface area contributed by atoms with Gasteiger partial charge in [0.25, 0.3) is 0 Å². The van der Waals surface area contributed by atoms with Crippen molar-refractivity contribution in [3.63, 3.8) is 0 Å². The van der Waals surface area contributed by atoms with Crippen molar-refractivity contribution < 1.29 is 47.7 Å². The Bertz CT molecular complexity index is 1300. The second-order valence-corrected chi connectivity index (χ2v) is 12.4. The summed E-state index contributed by atoms with van der Waals surface area (Å²) >= 11 is 0. The Hall–Kier alpha value is -4.02. The molecule has 3 aliphatic rings. The molecule has 3 aliphatic heterocycles. The molecule has 2 aromatic heterocycles. The third-order valence-corrected chi connectivity index (χ3v) is 8.85. The Morgan fingerprint density at radius 1 is 0.389 bits per heavy atom. The van der Waals surface area contributed by atoms with E-state index >= 15 is 0 Å². The maximum Gasteiger partial charge on any atom is 0.311 e. The van der Waals surface area contributed by atoms with Gasteiger partial charge < -0.3 is 57.5 Å². The third kappa shape index (κ3) is 13.1. The highest BCUT2D eigenvalue weighted by Crippen LogP contribution is 2.32. The highest BCUT2D eigenvalue weighted by molar-refractivity contribution is 5.64. The lowest BCUT2D eigenvalue weighted by Crippen LogP contribution is -2.47. The molecule has 20 heteroatoms. The van der Waals surface area contributed by atoms with Crippen LogP contribution in [0.2, 0.25) is 0 Å². The summed E-state index contributed by atoms with van der Waals surface area (Å²) in [5, 5.41) is 24.3. The molecule has 3 saturated heterocycles. The monoisotopic (exact) mass is 764 g/mol. The zero-order valence-corrected chi connectivity index (χ0v) is 30.8. The number of piperazine rings is 1. The van der Waals surface area contributed by atoms with E-state index in [0.29, 0.717) is 170 Å². The van der Waals surface area contributed by atoms with Crippen molar-refractivity contribution in [3.05, 3.63) is 44.5 Å². The van der Waals surface area contributed by atoms with Crippen LogP contribution in [0.1, 0.15) is 0 Å². The van der Waals surface area contributed by atoms with Crippen molar-refractivity contribution in [1.82, 2.24) is 9.97 Å². The lowest BCUT2D eigenvalue weighted by atomic mass is 10.2. The molecule has 300 valence electrons. The van der Waals surface area contributed by atoms with Crippen LogP contribution in [0.15, 0.2) is 24.3 Å². The van der Waals surface area contributed by atoms with Gasteiger partial charge >= 0.3 is 11.4 Å². The molecule has 0 bridgehead atoms. The predicted molar refractivity (Wildman–Crippen MR) is 197 cm³/mol. The topological polar surface area (TPSA) is 199 Å². The second kappa shape index (κ2) is 23.0. The zero-order valence-electron chi connectivity index (χ0n) is 30.8. The van der Waals surface area contributed by atoms with Gasteiger partial charge in [-0.15, -0.1) is 0 Å². The average Bonchev–Trinajstić information content (AvgIpc) is 3.20. The minimum atomic E-state index is -0.426. The first-order chi connectivity index (χ1) is 26.5. The van der Waals surface area contributed by atoms with Gasteiger partial charge in [0.2, 0.25) is 11.6 Å². The van der Waals surface area contributed by atoms with E-state index < -0.39 is 9.85 Å². The van der Waals surface area contributed by atoms with E-state index in [-0.39, 0.29) is 23.0 Å². The quantitative estimate of drug-likeness (QED) is 0.302. The van der Waals surface area contributed by atoms with Gasteiger partial charge in [-0.05, 0) is 12.1 Å². The number of pyridine rings is 2. The molecule has 0 saturated carbocycles. The first-order valence-corrected chi connectivity index (χ1v) is 18.4. The van der Waals surface area contributed by atoms with Crippen molar-refractivity contribution >= 4 is 34.6 Å². The minimum absolute atomic E-state index is 0.106. The summed E-state index contributed by atoms with van der Waals surface area (Å²) in [5.74, 6) is 1.69. The molecule has 20 nitrogen and oxygen atoms in total. The Morgan fingerprint density at radius 3 is 0.907 bits per heavy atom. The molecule has 54 heavy (non-hydrogen) atoms. The first kappa shape index (κ1) is 41.1. The molecule has 0 atom stereocenters. The smallest absolute Gasteiger partial charge is 0.311 e. The maximum absolute atomic E-state index is 12.1. The van der Waals surface area contributed by atoms with Crippen molar-refractivity contribution in [2.24, 2.45) is 0 Å². The van der Waals surface area contributed by atoms with Gasteiger partial charge in [0, 0.05) is 64.5 Å². The highest BCUT2D eigenvalue weighted by atomic mass is 16.6. The Morgan fingerprint density at radius 2 is 0.648 bits per heavy atom. The Labute approximate surface area is 314 Å². The van der Waals surface area contributed by atoms with Crippen LogP contribution in [0, 0.1) is 20.2 Å². The van der Waals surface area contributed by atoms with Gasteiger partial charge in [-0.3, -0.25) is 20.2 Å². The molecule has 0 N–H and O–H groups in total. The summed E-state index contributed by atoms with van der Waals surface area (Å²) in [6, 6.07) is 6.31. The van der Waals surface area contributed by atoms with Crippen molar-refractivity contribution in [1.29, 1.82) is 0 Å². The van der Waals surface area contributed by atoms with Gasteiger partial charge in [0.1, 0.15) is 11.6 Å². The molecule has 0 aliphatic carbocycles. The molecule has 5 heterocycles. The summed E-state index contributed by atoms with van der Waals surface area (Å²) in [6.07, 6.45) is 0. The molecule has 0 radical (unpaired) electrons. The van der Waals surface area contributed by atoms with E-state index in [1.54, 1.807) is 12.1 Å². The van der Waals surface area contributed by atoms with Crippen molar-refractivity contribution in [3.8, 4) is 0 Å². The number of rotatable bonds is 6. The van der Waals surface area contributed by atoms with Crippen LogP contribution in [-0.4, -0.2) is 178 Å². The lowest BCUT2D eigenvalue weighted by molar-refractivity contribution is -0.384. The van der Waals surface area contributed by atoms with Crippen molar-refractivity contribution in [2.45, 2.75) is 0 Å². The van der Waals surface area contributed by atoms with E-state index in [0.717, 1.165) is 0 Å². The first-order valence-electron chi connectivity index (χ1n) is 18.4. The number of nitrogens with zero attached hydrogens (tertiary/aromatic N) is 8. The fraction of sp³-hybridized carbons (Fsp3) is 0.706. The standard InChI is InChI=1S/C34H52N8O12/c43-41(44)29-1-3-31(35-33(29)39-9-13-47-17-21-51-25-26-52-22-18-48-14-10-39)37-5-7-38(8-6-37)32-4-2-30(42(45)46)34(36-32)40-11-15-49-19-23-53-27-28-54-24-20-50-16-12-40/h1-4H,5-28H2. The molecular weight excluding hydrogens is 712 g/mol. The van der Waals surface area contributed by atoms with E-state index in [1.165, 1.54) is 12.1 Å². The molecule has 0 unspecified atom stereocenters. The Kier molecular flexibility index (Phi) is 17.5. The second-order valence-electron chi connectivity index (χ2n) is 12.4. The third-order valence-electron chi connectivity index (χ3n) is 8.85. The van der Waals surface area contributed by atoms with Gasteiger partial charge in [-0.2, -0.15) is 0 Å². The van der Waals surface area contributed by atoms with Gasteiger partial charge in [-0.25, -0.2) is 9.97 Å². The lowest BCUT2D eigenvalue weighted by Gasteiger charge is -2.36. The van der Waals surface area contributed by atoms with E-state index in [4.69, 9.17) is 47.9 Å². The van der Waals surface area contributed by atoms with Crippen molar-refractivity contribution in [2.75, 3.05) is 178 Å². The largest absolute Gasteiger partial charge is 0.377 e. The maximum atomic E-state index is 12.1. The predicted octanol–water partition coefficient (Wildman–Crippen LogP) is 1.39. The van der Waals surface area contributed by atoms with Crippen LogP contribution < -0.4 is 19.6 Å². The summed E-state index contributed by atoms with van der Waals surface area (Å²) in [6.45, 7) is 10.1. The van der Waals surface area contributed by atoms with E-state index in [1.807, 2.05) is 9.80 Å². The summed E-state index contributed by atoms with van der Waals surface area (Å²) in [7, 11) is 0. The fourth-order valence-corrected chi connectivity index (χ4v) is 6.00. The number of anilines is 4. The number of aromatic nitrogens is 2. The molecule has 0 spiro atoms. The number of ether oxygens (including phenoxy) is 8. The van der Waals surface area contributed by atoms with Gasteiger partial charge in [-0.1, -0.05) is 0 Å². The summed E-state index contributed by atoms with van der Waals surface area (Å²) in [4.78, 5) is 40.8. The molecule has 0 amide bonds. The molecule has 0 aromatic carbocycles. The normalized spacial score (nSPS) is 20.6. The van der Waals surface area contributed by atoms with Gasteiger partial charge in [0.15, 0.2) is 0 Å². The molecular formula is C34H52N8O12. The van der Waals surface area contributed by atoms with Crippen LogP contribution in [0.4, 0.5) is 34.6 Å². The number of nitro groups is 2. The van der Waals surface area contributed by atoms with E-state index in [2.05, 4.69) is 9.80 Å². The van der Waals surface area contributed by atoms with Gasteiger partial charge in [0.05, 0.1) is 116 Å². The summed E-state index contributed by atoms with van der Waals surface area (Å²) < 4.78 is 45.0. The van der Waals surface area contributed by atoms with Crippen LogP contribution in [0.5, 0.6) is 0 Å². The SMILES string of the molecule is O=[N+]([O-])c1ccc(N2CCN(c3ccc([N+](=O)[O-])c(N4CCOCCOCCOCCOCC4)n3)CC2)nc1N1CCOCCOCCOCCOCC1. The number of hydrogen-bond donors (Lipinski definition) is 0. The number of hydrogen-bond acceptors (Lipinski definition) is 18. The van der Waals surface area contributed by atoms with Crippen LogP contribution in [0.25, 0.3) is 0 Å². The minimum Gasteiger partial charge on any atom is -0.377 e. The zero-order chi connectivity index (χ0) is 37.8. The van der Waals surface area contributed by atoms with E-state index in [9.17, 15) is 20.2 Å². The average molecular weight is 765 g/mol. The highest BCUT2D eigenvalue weighted by Gasteiger charge is 2.28. The van der Waals surface area contributed by atoms with Crippen LogP contribution in [0.3, 0.4) is 0 Å². The molecule has 3 fully saturated rings.